The Morgan fingerprint density at radius 1 is 1.33 bits per heavy atom. The lowest BCUT2D eigenvalue weighted by atomic mass is 10.1. The Morgan fingerprint density at radius 3 is 2.95 bits per heavy atom. The molecular formula is C16H25N5. The highest BCUT2D eigenvalue weighted by molar-refractivity contribution is 5.79. The molecule has 0 amide bonds. The van der Waals surface area contributed by atoms with Gasteiger partial charge in [0.25, 0.3) is 0 Å². The van der Waals surface area contributed by atoms with E-state index in [2.05, 4.69) is 25.5 Å². The molecule has 21 heavy (non-hydrogen) atoms. The summed E-state index contributed by atoms with van der Waals surface area (Å²) in [7, 11) is 1.82. The van der Waals surface area contributed by atoms with Crippen LogP contribution in [-0.2, 0) is 6.54 Å². The summed E-state index contributed by atoms with van der Waals surface area (Å²) in [6.07, 6.45) is 5.94. The van der Waals surface area contributed by atoms with Crippen molar-refractivity contribution in [3.8, 4) is 0 Å². The lowest BCUT2D eigenvalue weighted by Gasteiger charge is -2.17. The number of hydrogen-bond acceptors (Lipinski definition) is 3. The summed E-state index contributed by atoms with van der Waals surface area (Å²) in [4.78, 5) is 11.2. The predicted molar refractivity (Wildman–Crippen MR) is 85.1 cm³/mol. The number of nitrogens with one attached hydrogen (secondary N) is 2. The fraction of sp³-hybridized carbons (Fsp3) is 0.625. The molecule has 5 nitrogen and oxygen atoms in total. The van der Waals surface area contributed by atoms with E-state index in [1.165, 1.54) is 32.4 Å². The van der Waals surface area contributed by atoms with Crippen LogP contribution in [0.25, 0.3) is 0 Å². The molecule has 3 rings (SSSR count). The number of aliphatic imine (C=N–C) groups is 1. The van der Waals surface area contributed by atoms with Crippen molar-refractivity contribution in [3.63, 3.8) is 0 Å². The van der Waals surface area contributed by atoms with Crippen LogP contribution < -0.4 is 10.6 Å². The van der Waals surface area contributed by atoms with Crippen molar-refractivity contribution >= 4 is 5.96 Å². The lowest BCUT2D eigenvalue weighted by molar-refractivity contribution is 0.314. The van der Waals surface area contributed by atoms with Crippen molar-refractivity contribution < 1.29 is 0 Å². The number of pyridine rings is 1. The van der Waals surface area contributed by atoms with E-state index < -0.39 is 0 Å². The Kier molecular flexibility index (Phi) is 4.70. The van der Waals surface area contributed by atoms with Crippen molar-refractivity contribution in [1.82, 2.24) is 20.5 Å². The van der Waals surface area contributed by atoms with E-state index in [4.69, 9.17) is 0 Å². The quantitative estimate of drug-likeness (QED) is 0.632. The van der Waals surface area contributed by atoms with Gasteiger partial charge >= 0.3 is 0 Å². The van der Waals surface area contributed by atoms with Gasteiger partial charge in [-0.15, -0.1) is 0 Å². The number of hydrogen-bond donors (Lipinski definition) is 2. The van der Waals surface area contributed by atoms with Gasteiger partial charge in [-0.05, 0) is 43.9 Å². The van der Waals surface area contributed by atoms with Gasteiger partial charge in [0.15, 0.2) is 5.96 Å². The maximum absolute atomic E-state index is 4.31. The summed E-state index contributed by atoms with van der Waals surface area (Å²) < 4.78 is 0. The highest BCUT2D eigenvalue weighted by Crippen LogP contribution is 2.31. The molecule has 0 radical (unpaired) electrons. The second kappa shape index (κ2) is 6.89. The SMILES string of the molecule is CN=C(NCc1ccccn1)NCC1CCN(C2CC2)C1. The minimum Gasteiger partial charge on any atom is -0.356 e. The van der Waals surface area contributed by atoms with E-state index in [9.17, 15) is 0 Å². The van der Waals surface area contributed by atoms with Gasteiger partial charge in [0.2, 0.25) is 0 Å². The largest absolute Gasteiger partial charge is 0.356 e. The highest BCUT2D eigenvalue weighted by Gasteiger charge is 2.34. The smallest absolute Gasteiger partial charge is 0.191 e. The predicted octanol–water partition coefficient (Wildman–Crippen LogP) is 1.23. The molecule has 0 bridgehead atoms. The second-order valence-corrected chi connectivity index (χ2v) is 6.01. The molecule has 1 atom stereocenters. The van der Waals surface area contributed by atoms with Gasteiger partial charge in [0, 0.05) is 32.4 Å². The number of guanidine groups is 1. The number of rotatable bonds is 5. The monoisotopic (exact) mass is 287 g/mol. The zero-order valence-electron chi connectivity index (χ0n) is 12.8. The molecule has 5 heteroatoms. The van der Waals surface area contributed by atoms with E-state index >= 15 is 0 Å². The van der Waals surface area contributed by atoms with E-state index in [-0.39, 0.29) is 0 Å². The van der Waals surface area contributed by atoms with Crippen LogP contribution in [0.4, 0.5) is 0 Å². The summed E-state index contributed by atoms with van der Waals surface area (Å²) in [5, 5.41) is 6.76. The van der Waals surface area contributed by atoms with Crippen LogP contribution in [0.3, 0.4) is 0 Å². The Hall–Kier alpha value is -1.62. The van der Waals surface area contributed by atoms with Crippen molar-refractivity contribution in [3.05, 3.63) is 30.1 Å². The van der Waals surface area contributed by atoms with Crippen LogP contribution in [0.2, 0.25) is 0 Å². The van der Waals surface area contributed by atoms with E-state index in [0.29, 0.717) is 6.54 Å². The summed E-state index contributed by atoms with van der Waals surface area (Å²) in [5.41, 5.74) is 1.03. The Bertz CT molecular complexity index is 469. The molecule has 1 aliphatic carbocycles. The maximum atomic E-state index is 4.31. The highest BCUT2D eigenvalue weighted by atomic mass is 15.2. The van der Waals surface area contributed by atoms with E-state index in [0.717, 1.165) is 30.2 Å². The summed E-state index contributed by atoms with van der Waals surface area (Å²) in [5.74, 6) is 1.62. The van der Waals surface area contributed by atoms with Crippen molar-refractivity contribution in [2.45, 2.75) is 31.8 Å². The molecule has 2 heterocycles. The lowest BCUT2D eigenvalue weighted by Crippen LogP contribution is -2.40. The molecule has 0 aromatic carbocycles. The molecule has 0 spiro atoms. The van der Waals surface area contributed by atoms with E-state index in [1.54, 1.807) is 0 Å². The van der Waals surface area contributed by atoms with Gasteiger partial charge in [-0.25, -0.2) is 0 Å². The second-order valence-electron chi connectivity index (χ2n) is 6.01. The molecule has 2 aliphatic rings. The van der Waals surface area contributed by atoms with Gasteiger partial charge in [-0.2, -0.15) is 0 Å². The topological polar surface area (TPSA) is 52.6 Å². The van der Waals surface area contributed by atoms with Crippen molar-refractivity contribution in [2.24, 2.45) is 10.9 Å². The molecule has 1 aromatic heterocycles. The molecule has 2 fully saturated rings. The van der Waals surface area contributed by atoms with Crippen LogP contribution in [-0.4, -0.2) is 48.6 Å². The molecule has 114 valence electrons. The minimum absolute atomic E-state index is 0.708. The first-order chi connectivity index (χ1) is 10.3. The third-order valence-corrected chi connectivity index (χ3v) is 4.33. The van der Waals surface area contributed by atoms with Crippen LogP contribution in [0, 0.1) is 5.92 Å². The van der Waals surface area contributed by atoms with Crippen LogP contribution in [0.5, 0.6) is 0 Å². The minimum atomic E-state index is 0.708. The zero-order valence-corrected chi connectivity index (χ0v) is 12.8. The van der Waals surface area contributed by atoms with Gasteiger partial charge < -0.3 is 15.5 Å². The number of aromatic nitrogens is 1. The average molecular weight is 287 g/mol. The summed E-state index contributed by atoms with van der Waals surface area (Å²) in [6, 6.07) is 6.86. The molecule has 1 saturated heterocycles. The zero-order chi connectivity index (χ0) is 14.5. The van der Waals surface area contributed by atoms with Crippen molar-refractivity contribution in [1.29, 1.82) is 0 Å². The van der Waals surface area contributed by atoms with Crippen LogP contribution >= 0.6 is 0 Å². The fourth-order valence-corrected chi connectivity index (χ4v) is 2.94. The maximum Gasteiger partial charge on any atom is 0.191 e. The number of nitrogens with zero attached hydrogens (tertiary/aromatic N) is 3. The van der Waals surface area contributed by atoms with Gasteiger partial charge in [-0.1, -0.05) is 6.07 Å². The summed E-state index contributed by atoms with van der Waals surface area (Å²) >= 11 is 0. The van der Waals surface area contributed by atoms with Gasteiger partial charge in [0.1, 0.15) is 0 Å². The van der Waals surface area contributed by atoms with E-state index in [1.807, 2.05) is 31.4 Å². The Morgan fingerprint density at radius 2 is 2.24 bits per heavy atom. The standard InChI is InChI=1S/C16H25N5/c1-17-16(20-11-14-4-2-3-8-18-14)19-10-13-7-9-21(12-13)15-5-6-15/h2-4,8,13,15H,5-7,9-12H2,1H3,(H2,17,19,20). The normalized spacial score (nSPS) is 23.3. The molecule has 1 saturated carbocycles. The first-order valence-corrected chi connectivity index (χ1v) is 7.93. The van der Waals surface area contributed by atoms with Gasteiger partial charge in [-0.3, -0.25) is 9.98 Å². The van der Waals surface area contributed by atoms with Gasteiger partial charge in [0.05, 0.1) is 12.2 Å². The Labute approximate surface area is 126 Å². The fourth-order valence-electron chi connectivity index (χ4n) is 2.94. The first kappa shape index (κ1) is 14.3. The summed E-state index contributed by atoms with van der Waals surface area (Å²) in [6.45, 7) is 4.23. The number of likely N-dealkylation sites (tertiary alicyclic amines) is 1. The average Bonchev–Trinajstić information content (AvgIpc) is 3.28. The van der Waals surface area contributed by atoms with Crippen molar-refractivity contribution in [2.75, 3.05) is 26.7 Å². The first-order valence-electron chi connectivity index (χ1n) is 7.93. The van der Waals surface area contributed by atoms with Crippen LogP contribution in [0.15, 0.2) is 29.4 Å². The molecule has 1 aliphatic heterocycles. The molecule has 1 unspecified atom stereocenters. The van der Waals surface area contributed by atoms with Crippen LogP contribution in [0.1, 0.15) is 25.0 Å². The molecular weight excluding hydrogens is 262 g/mol. The molecule has 1 aromatic rings. The third-order valence-electron chi connectivity index (χ3n) is 4.33. The third kappa shape index (κ3) is 4.17. The molecule has 2 N–H and O–H groups in total. The Balaban J connectivity index is 1.39.